The summed E-state index contributed by atoms with van der Waals surface area (Å²) in [6, 6.07) is 9.38. The highest BCUT2D eigenvalue weighted by atomic mass is 35.5. The van der Waals surface area contributed by atoms with Gasteiger partial charge in [-0.3, -0.25) is 32.4 Å². The number of hydrogen-bond acceptors (Lipinski definition) is 33. The quantitative estimate of drug-likeness (QED) is 0.0238. The summed E-state index contributed by atoms with van der Waals surface area (Å²) in [5, 5.41) is 52.3. The highest BCUT2D eigenvalue weighted by Crippen LogP contribution is 2.34. The minimum absolute atomic E-state index is 0. The third-order valence-electron chi connectivity index (χ3n) is 19.6. The lowest BCUT2D eigenvalue weighted by atomic mass is 10.1. The maximum atomic E-state index is 13.7. The van der Waals surface area contributed by atoms with Crippen molar-refractivity contribution in [2.75, 3.05) is 146 Å². The third-order valence-corrected chi connectivity index (χ3v) is 19.6. The molecular formula is C88H127ClF8N32O14. The topological polar surface area (TPSA) is 578 Å². The van der Waals surface area contributed by atoms with E-state index in [1.807, 2.05) is 76.2 Å². The molecule has 0 aromatic carbocycles. The van der Waals surface area contributed by atoms with Crippen LogP contribution < -0.4 is 49.5 Å². The Morgan fingerprint density at radius 3 is 1.13 bits per heavy atom. The fourth-order valence-electron chi connectivity index (χ4n) is 13.1. The van der Waals surface area contributed by atoms with E-state index in [0.717, 1.165) is 83.6 Å². The molecule has 46 nitrogen and oxygen atoms in total. The number of rotatable bonds is 21. The minimum Gasteiger partial charge on any atom is -0.477 e. The van der Waals surface area contributed by atoms with Crippen LogP contribution in [-0.4, -0.2) is 276 Å². The first kappa shape index (κ1) is 116. The number of carbonyl (C=O) groups excluding carboxylic acids is 5. The predicted molar refractivity (Wildman–Crippen MR) is 518 cm³/mol. The Hall–Kier alpha value is -14.4. The summed E-state index contributed by atoms with van der Waals surface area (Å²) in [5.41, 5.74) is 27.6. The van der Waals surface area contributed by atoms with Crippen molar-refractivity contribution in [3.63, 3.8) is 0 Å². The zero-order valence-corrected chi connectivity index (χ0v) is 82.5. The summed E-state index contributed by atoms with van der Waals surface area (Å²) < 4.78 is 151. The molecule has 0 radical (unpaired) electrons. The van der Waals surface area contributed by atoms with Gasteiger partial charge in [0.15, 0.2) is 39.7 Å². The molecule has 0 atom stereocenters. The molecule has 16 rings (SSSR count). The number of anilines is 7. The number of carboxylic acid groups (broad SMARTS) is 1. The predicted octanol–water partition coefficient (Wildman–Crippen LogP) is 13.4. The number of ether oxygens (including phenoxy) is 6. The number of piperidine rings is 3. The van der Waals surface area contributed by atoms with E-state index in [2.05, 4.69) is 86.9 Å². The maximum Gasteiger partial charge on any atom is 0.410 e. The van der Waals surface area contributed by atoms with Crippen LogP contribution in [0.1, 0.15) is 234 Å². The first-order valence-corrected chi connectivity index (χ1v) is 44.8. The van der Waals surface area contributed by atoms with Crippen LogP contribution >= 0.6 is 12.4 Å². The number of nitrogens with one attached hydrogen (secondary N) is 3. The van der Waals surface area contributed by atoms with Gasteiger partial charge in [0.2, 0.25) is 5.65 Å². The van der Waals surface area contributed by atoms with Gasteiger partial charge in [0, 0.05) is 129 Å². The standard InChI is InChI=1S/C21H26F2N8O3.C16H18F2N8O.C14H22F2N4O2.C12H8N8O2.C7H6N4O2.4C4H10O.2CH3F.ClH/c1-21(2,3)34-20(33)29-7-4-12(5-8-29)31-11-14(16(28-31)17(22)23)26-19(32)13-10-25-30-9-6-15(24)27-18(13)30;17-14(18)13-11(8-26(24-13)9-1-4-20-5-2-9)22-16(27)10-7-21-25-6-3-12(19)23-15(10)25;1-14(2,3)22-13(21)19-6-4-9(5-7-19)20-8-10(17)11(18-20)12(15)16;13-9-3-5-19-10(16-9)7(6-15-19)12(21)22-20-11-8(17-18-20)2-1-4-14-11;8-5-1-2-11-6(10-5)4(3-9-11)7(12)13;4*1-3-5-4-2;2*1-2;/h6,9-12,17H,4-5,7-8H2,1-3H3,(H2,24,27)(H,26,32);3,6-9,14,20H,1-2,4-5H2,(H2,19,23)(H,22,27);8-9,12H,4-7,17H2,1-3H3;1-6H,(H2,13,16);1-3H,(H2,8,10)(H,12,13);4*3-4H2,1-2H3;2*1H3;1H/i;;;;;;;;;2*1D;. The lowest BCUT2D eigenvalue weighted by Gasteiger charge is -2.33. The summed E-state index contributed by atoms with van der Waals surface area (Å²) in [6.07, 6.45) is 12.0. The SMILES string of the molecule is CC(C)(C)OC(=O)N1CCC(n2cc(N)c(C(F)F)n2)CC1.CC(C)(C)OC(=O)N1CCC(n2cc(NC(=O)c3cnn4ccc(N)nc34)c(C(F)F)n2)CC1.CCOCC.CCOCC.CCOCC.CCOCC.Cl.Nc1ccn2ncc(C(=O)Nc3cn(C4CCNCC4)nc3C(F)F)c2n1.Nc1ccn2ncc(C(=O)O)c2n1.Nc1ccn2ncc(C(=O)On3nnc4cccnc43)c2n1.[2H]CF.[2H]CF. The Balaban J connectivity index is 0.000000305. The number of carbonyl (C=O) groups is 6. The second-order valence-corrected chi connectivity index (χ2v) is 31.8. The second kappa shape index (κ2) is 59.4. The first-order chi connectivity index (χ1) is 68.6. The van der Waals surface area contributed by atoms with Gasteiger partial charge < -0.3 is 92.8 Å². The van der Waals surface area contributed by atoms with E-state index in [1.165, 1.54) is 81.6 Å². The van der Waals surface area contributed by atoms with Crippen molar-refractivity contribution in [1.82, 2.24) is 123 Å². The van der Waals surface area contributed by atoms with Gasteiger partial charge in [0.25, 0.3) is 31.1 Å². The van der Waals surface area contributed by atoms with Gasteiger partial charge in [-0.25, -0.2) is 88.5 Å². The van der Waals surface area contributed by atoms with Crippen molar-refractivity contribution in [2.24, 2.45) is 0 Å². The molecule has 0 saturated carbocycles. The highest BCUT2D eigenvalue weighted by Gasteiger charge is 2.34. The van der Waals surface area contributed by atoms with E-state index in [-0.39, 0.29) is 122 Å². The number of alkyl halides is 8. The van der Waals surface area contributed by atoms with Crippen molar-refractivity contribution in [2.45, 2.75) is 184 Å². The largest absolute Gasteiger partial charge is 0.477 e. The van der Waals surface area contributed by atoms with Crippen molar-refractivity contribution >= 4 is 122 Å². The number of carboxylic acids is 1. The van der Waals surface area contributed by atoms with E-state index in [9.17, 15) is 63.9 Å². The Bertz CT molecular complexity index is 6080. The number of halogens is 9. The molecule has 3 saturated heterocycles. The molecule has 14 N–H and O–H groups in total. The van der Waals surface area contributed by atoms with Crippen LogP contribution in [0.15, 0.2) is 111 Å². The van der Waals surface area contributed by atoms with Crippen LogP contribution in [0.3, 0.4) is 0 Å². The van der Waals surface area contributed by atoms with Gasteiger partial charge in [-0.15, -0.1) is 17.5 Å². The molecule has 3 aliphatic heterocycles. The maximum absolute atomic E-state index is 13.7. The molecule has 55 heteroatoms. The van der Waals surface area contributed by atoms with Crippen LogP contribution in [0, 0.1) is 0 Å². The summed E-state index contributed by atoms with van der Waals surface area (Å²) in [4.78, 5) is 102. The third kappa shape index (κ3) is 36.3. The zero-order valence-electron chi connectivity index (χ0n) is 83.7. The molecule has 13 aromatic heterocycles. The Morgan fingerprint density at radius 2 is 0.797 bits per heavy atom. The molecule has 16 heterocycles. The van der Waals surface area contributed by atoms with Gasteiger partial charge in [0.1, 0.15) is 62.2 Å². The number of nitrogens with zero attached hydrogens (tertiary/aromatic N) is 24. The Labute approximate surface area is 826 Å². The number of amides is 4. The normalized spacial score (nSPS) is 13.3. The number of pyridine rings is 1. The molecule has 786 valence electrons. The van der Waals surface area contributed by atoms with Crippen molar-refractivity contribution in [1.29, 1.82) is 0 Å². The average Bonchev–Trinajstić information content (AvgIpc) is 1.65. The first-order valence-electron chi connectivity index (χ1n) is 46.2. The molecule has 0 bridgehead atoms. The van der Waals surface area contributed by atoms with Gasteiger partial charge >= 0.3 is 24.1 Å². The number of nitrogens with two attached hydrogens (primary N) is 5. The van der Waals surface area contributed by atoms with Crippen LogP contribution in [0.5, 0.6) is 0 Å². The molecule has 0 unspecified atom stereocenters. The van der Waals surface area contributed by atoms with Crippen LogP contribution in [-0.2, 0) is 28.4 Å². The Kier molecular flexibility index (Phi) is 48.0. The van der Waals surface area contributed by atoms with E-state index in [4.69, 9.17) is 69.8 Å². The molecule has 4 amide bonds. The van der Waals surface area contributed by atoms with E-state index in [0.29, 0.717) is 68.7 Å². The molecular weight excluding hydrogens is 1920 g/mol. The number of aromatic nitrogens is 22. The average molecular weight is 2050 g/mol. The molecule has 3 aliphatic rings. The molecule has 0 spiro atoms. The lowest BCUT2D eigenvalue weighted by molar-refractivity contribution is 0.0174. The van der Waals surface area contributed by atoms with Gasteiger partial charge in [-0.05, 0) is 195 Å². The second-order valence-electron chi connectivity index (χ2n) is 31.8. The lowest BCUT2D eigenvalue weighted by Crippen LogP contribution is -2.42. The number of likely N-dealkylation sites (tertiary alicyclic amines) is 2. The highest BCUT2D eigenvalue weighted by molar-refractivity contribution is 6.09. The van der Waals surface area contributed by atoms with Crippen LogP contribution in [0.2, 0.25) is 0 Å². The fourth-order valence-corrected chi connectivity index (χ4v) is 13.1. The van der Waals surface area contributed by atoms with Crippen LogP contribution in [0.4, 0.5) is 85.0 Å². The van der Waals surface area contributed by atoms with Gasteiger partial charge in [0.05, 0.1) is 77.0 Å². The molecule has 3 fully saturated rings. The van der Waals surface area contributed by atoms with E-state index in [1.54, 1.807) is 91.9 Å². The van der Waals surface area contributed by atoms with Gasteiger partial charge in [-0.2, -0.15) is 35.7 Å². The number of aromatic carboxylic acids is 1. The van der Waals surface area contributed by atoms with Crippen LogP contribution in [0.25, 0.3) is 33.8 Å². The number of fused-ring (bicyclic) bond motifs is 5. The number of hydrogen-bond donors (Lipinski definition) is 9. The van der Waals surface area contributed by atoms with Gasteiger partial charge in [-0.1, -0.05) is 0 Å². The Morgan fingerprint density at radius 1 is 0.476 bits per heavy atom. The smallest absolute Gasteiger partial charge is 0.410 e. The summed E-state index contributed by atoms with van der Waals surface area (Å²) >= 11 is 0. The summed E-state index contributed by atoms with van der Waals surface area (Å²) in [6.45, 7) is 36.9. The van der Waals surface area contributed by atoms with E-state index < -0.39 is 86.0 Å². The minimum atomic E-state index is -2.89. The fraction of sp³-hybridized carbons (Fsp3) is 0.500. The monoisotopic (exact) mass is 2040 g/mol. The molecule has 0 aliphatic carbocycles. The zero-order chi connectivity index (χ0) is 107. The summed E-state index contributed by atoms with van der Waals surface area (Å²) in [7, 11) is -2.00. The van der Waals surface area contributed by atoms with Crippen molar-refractivity contribution in [3.8, 4) is 0 Å². The number of nitrogen functional groups attached to an aromatic ring is 5. The van der Waals surface area contributed by atoms with Crippen molar-refractivity contribution < 1.29 is 105 Å². The van der Waals surface area contributed by atoms with Crippen molar-refractivity contribution in [3.05, 3.63) is 150 Å². The summed E-state index contributed by atoms with van der Waals surface area (Å²) in [5.74, 6) is -2.04. The van der Waals surface area contributed by atoms with E-state index >= 15 is 0 Å². The molecule has 13 aromatic rings. The molecule has 143 heavy (non-hydrogen) atoms.